The minimum atomic E-state index is -4.89. The lowest BCUT2D eigenvalue weighted by atomic mass is 10.1. The van der Waals surface area contributed by atoms with Crippen molar-refractivity contribution in [2.45, 2.75) is 37.9 Å². The van der Waals surface area contributed by atoms with Crippen LogP contribution in [0, 0.1) is 5.82 Å². The summed E-state index contributed by atoms with van der Waals surface area (Å²) in [5.74, 6) is -3.53. The number of amides is 2. The molecule has 0 unspecified atom stereocenters. The quantitative estimate of drug-likeness (QED) is 0.482. The summed E-state index contributed by atoms with van der Waals surface area (Å²) in [7, 11) is 0. The predicted molar refractivity (Wildman–Crippen MR) is 121 cm³/mol. The summed E-state index contributed by atoms with van der Waals surface area (Å²) in [5.41, 5.74) is 0.259. The van der Waals surface area contributed by atoms with Crippen molar-refractivity contribution in [1.82, 2.24) is 24.8 Å². The Morgan fingerprint density at radius 3 is 2.46 bits per heavy atom. The molecule has 3 aromatic rings. The molecule has 2 amide bonds. The zero-order valence-electron chi connectivity index (χ0n) is 19.2. The summed E-state index contributed by atoms with van der Waals surface area (Å²) in [6.45, 7) is 1.24. The van der Waals surface area contributed by atoms with Crippen LogP contribution in [-0.4, -0.2) is 62.3 Å². The molecule has 1 aliphatic rings. The van der Waals surface area contributed by atoms with Gasteiger partial charge in [0.1, 0.15) is 23.8 Å². The van der Waals surface area contributed by atoms with E-state index < -0.39 is 81.4 Å². The van der Waals surface area contributed by atoms with Crippen LogP contribution in [0.3, 0.4) is 0 Å². The SMILES string of the molecule is CC(C)(F)C(=O)N1C[C@H](F)[C@H](NC(=O)c2cc(-c3cc(C(F)(F)F)c4c(N)ncnn34)c(F)cc2Cl)C1. The number of aromatic nitrogens is 3. The van der Waals surface area contributed by atoms with Gasteiger partial charge in [-0.1, -0.05) is 11.6 Å². The second kappa shape index (κ2) is 9.08. The topological polar surface area (TPSA) is 106 Å². The molecule has 0 radical (unpaired) electrons. The number of anilines is 1. The van der Waals surface area contributed by atoms with Crippen LogP contribution < -0.4 is 11.1 Å². The van der Waals surface area contributed by atoms with Crippen molar-refractivity contribution >= 4 is 34.7 Å². The average Bonchev–Trinajstić information content (AvgIpc) is 3.34. The van der Waals surface area contributed by atoms with Crippen molar-refractivity contribution in [2.24, 2.45) is 0 Å². The molecule has 0 aliphatic carbocycles. The molecule has 1 saturated heterocycles. The van der Waals surface area contributed by atoms with Gasteiger partial charge in [-0.25, -0.2) is 22.7 Å². The fourth-order valence-corrected chi connectivity index (χ4v) is 4.32. The fourth-order valence-electron chi connectivity index (χ4n) is 4.08. The summed E-state index contributed by atoms with van der Waals surface area (Å²) in [6.07, 6.45) is -5.75. The lowest BCUT2D eigenvalue weighted by Crippen LogP contribution is -2.44. The van der Waals surface area contributed by atoms with Crippen molar-refractivity contribution in [3.63, 3.8) is 0 Å². The van der Waals surface area contributed by atoms with Gasteiger partial charge in [0.05, 0.1) is 34.4 Å². The number of carbonyl (C=O) groups excluding carboxylic acids is 2. The molecule has 1 fully saturated rings. The van der Waals surface area contributed by atoms with E-state index in [9.17, 15) is 35.9 Å². The fraction of sp³-hybridized carbons (Fsp3) is 0.364. The first kappa shape index (κ1) is 26.5. The van der Waals surface area contributed by atoms with Crippen molar-refractivity contribution in [2.75, 3.05) is 18.8 Å². The van der Waals surface area contributed by atoms with Crippen LogP contribution >= 0.6 is 11.6 Å². The van der Waals surface area contributed by atoms with E-state index in [0.717, 1.165) is 35.7 Å². The number of nitrogen functional groups attached to an aromatic ring is 1. The first-order valence-corrected chi connectivity index (χ1v) is 11.1. The standard InChI is InChI=1S/C22H19ClF6N6O2/c1-21(2,26)20(37)34-6-14(25)15(7-34)33-19(36)9-3-10(13(24)5-12(9)23)16-4-11(22(27,28)29)17-18(30)31-8-32-35(16)17/h3-5,8,14-15H,6-7H2,1-2H3,(H,33,36)(H2,30,31,32)/t14-,15+/m0/s1. The van der Waals surface area contributed by atoms with E-state index in [-0.39, 0.29) is 12.1 Å². The van der Waals surface area contributed by atoms with Gasteiger partial charge in [0.25, 0.3) is 11.8 Å². The number of nitrogens with one attached hydrogen (secondary N) is 1. The number of nitrogens with two attached hydrogens (primary N) is 1. The van der Waals surface area contributed by atoms with Gasteiger partial charge in [0, 0.05) is 12.1 Å². The number of likely N-dealkylation sites (tertiary alicyclic amines) is 1. The van der Waals surface area contributed by atoms with Crippen LogP contribution in [0.25, 0.3) is 16.8 Å². The lowest BCUT2D eigenvalue weighted by molar-refractivity contribution is -0.141. The predicted octanol–water partition coefficient (Wildman–Crippen LogP) is 3.82. The maximum Gasteiger partial charge on any atom is 0.418 e. The molecule has 2 aromatic heterocycles. The third-order valence-electron chi connectivity index (χ3n) is 5.83. The summed E-state index contributed by atoms with van der Waals surface area (Å²) < 4.78 is 85.1. The number of nitrogens with zero attached hydrogens (tertiary/aromatic N) is 4. The highest BCUT2D eigenvalue weighted by molar-refractivity contribution is 6.34. The van der Waals surface area contributed by atoms with E-state index in [2.05, 4.69) is 15.4 Å². The molecular weight excluding hydrogens is 530 g/mol. The average molecular weight is 549 g/mol. The van der Waals surface area contributed by atoms with Gasteiger partial charge in [-0.3, -0.25) is 9.59 Å². The molecule has 1 aromatic carbocycles. The molecular formula is C22H19ClF6N6O2. The number of benzene rings is 1. The highest BCUT2D eigenvalue weighted by Gasteiger charge is 2.42. The first-order valence-electron chi connectivity index (χ1n) is 10.7. The van der Waals surface area contributed by atoms with E-state index in [0.29, 0.717) is 12.1 Å². The molecule has 198 valence electrons. The van der Waals surface area contributed by atoms with Gasteiger partial charge in [-0.15, -0.1) is 0 Å². The molecule has 0 saturated carbocycles. The van der Waals surface area contributed by atoms with E-state index in [1.54, 1.807) is 0 Å². The second-order valence-corrected chi connectivity index (χ2v) is 9.34. The molecule has 0 bridgehead atoms. The van der Waals surface area contributed by atoms with Gasteiger partial charge < -0.3 is 16.0 Å². The Morgan fingerprint density at radius 1 is 1.16 bits per heavy atom. The monoisotopic (exact) mass is 548 g/mol. The molecule has 3 N–H and O–H groups in total. The van der Waals surface area contributed by atoms with Crippen molar-refractivity contribution in [3.05, 3.63) is 46.5 Å². The Morgan fingerprint density at radius 2 is 1.84 bits per heavy atom. The molecule has 3 heterocycles. The van der Waals surface area contributed by atoms with Gasteiger partial charge in [-0.05, 0) is 32.0 Å². The number of hydrogen-bond donors (Lipinski definition) is 2. The Kier molecular flexibility index (Phi) is 6.51. The van der Waals surface area contributed by atoms with Gasteiger partial charge in [0.15, 0.2) is 11.5 Å². The number of alkyl halides is 5. The van der Waals surface area contributed by atoms with Gasteiger partial charge in [-0.2, -0.15) is 18.3 Å². The number of carbonyl (C=O) groups is 2. The van der Waals surface area contributed by atoms with Crippen LogP contribution in [-0.2, 0) is 11.0 Å². The number of fused-ring (bicyclic) bond motifs is 1. The smallest absolute Gasteiger partial charge is 0.382 e. The largest absolute Gasteiger partial charge is 0.418 e. The summed E-state index contributed by atoms with van der Waals surface area (Å²) in [5, 5.41) is 5.66. The first-order chi connectivity index (χ1) is 17.1. The normalized spacial score (nSPS) is 18.5. The zero-order chi connectivity index (χ0) is 27.4. The lowest BCUT2D eigenvalue weighted by Gasteiger charge is -2.22. The number of hydrogen-bond acceptors (Lipinski definition) is 5. The van der Waals surface area contributed by atoms with Crippen LogP contribution in [0.5, 0.6) is 0 Å². The van der Waals surface area contributed by atoms with E-state index >= 15 is 0 Å². The molecule has 2 atom stereocenters. The molecule has 37 heavy (non-hydrogen) atoms. The van der Waals surface area contributed by atoms with Crippen molar-refractivity contribution in [1.29, 1.82) is 0 Å². The van der Waals surface area contributed by atoms with Crippen molar-refractivity contribution < 1.29 is 35.9 Å². The summed E-state index contributed by atoms with van der Waals surface area (Å²) in [6, 6.07) is 0.974. The minimum absolute atomic E-state index is 0.334. The Balaban J connectivity index is 1.70. The maximum absolute atomic E-state index is 14.9. The minimum Gasteiger partial charge on any atom is -0.382 e. The summed E-state index contributed by atoms with van der Waals surface area (Å²) >= 11 is 6.02. The van der Waals surface area contributed by atoms with Crippen molar-refractivity contribution in [3.8, 4) is 11.3 Å². The third-order valence-corrected chi connectivity index (χ3v) is 6.14. The Labute approximate surface area is 210 Å². The third kappa shape index (κ3) is 4.89. The number of rotatable bonds is 4. The Bertz CT molecular complexity index is 1400. The summed E-state index contributed by atoms with van der Waals surface area (Å²) in [4.78, 5) is 29.5. The van der Waals surface area contributed by atoms with Crippen LogP contribution in [0.15, 0.2) is 24.5 Å². The number of halogens is 7. The highest BCUT2D eigenvalue weighted by Crippen LogP contribution is 2.40. The van der Waals surface area contributed by atoms with Crippen LogP contribution in [0.1, 0.15) is 29.8 Å². The van der Waals surface area contributed by atoms with E-state index in [1.165, 1.54) is 0 Å². The highest BCUT2D eigenvalue weighted by atomic mass is 35.5. The molecule has 15 heteroatoms. The molecule has 0 spiro atoms. The van der Waals surface area contributed by atoms with Gasteiger partial charge in [0.2, 0.25) is 0 Å². The van der Waals surface area contributed by atoms with Crippen LogP contribution in [0.2, 0.25) is 5.02 Å². The second-order valence-electron chi connectivity index (χ2n) is 8.94. The molecule has 4 rings (SSSR count). The molecule has 1 aliphatic heterocycles. The Hall–Kier alpha value is -3.55. The molecule has 8 nitrogen and oxygen atoms in total. The van der Waals surface area contributed by atoms with E-state index in [1.807, 2.05) is 0 Å². The van der Waals surface area contributed by atoms with Crippen LogP contribution in [0.4, 0.5) is 32.2 Å². The van der Waals surface area contributed by atoms with E-state index in [4.69, 9.17) is 17.3 Å². The van der Waals surface area contributed by atoms with Gasteiger partial charge >= 0.3 is 6.18 Å². The zero-order valence-corrected chi connectivity index (χ0v) is 20.0. The maximum atomic E-state index is 14.9.